The van der Waals surface area contributed by atoms with Crippen LogP contribution in [0.25, 0.3) is 0 Å². The third kappa shape index (κ3) is 4.52. The first-order valence-electron chi connectivity index (χ1n) is 5.96. The summed E-state index contributed by atoms with van der Waals surface area (Å²) >= 11 is 0. The van der Waals surface area contributed by atoms with E-state index in [1.54, 1.807) is 0 Å². The largest absolute Gasteiger partial charge is 0.379 e. The van der Waals surface area contributed by atoms with Gasteiger partial charge in [-0.15, -0.1) is 0 Å². The lowest BCUT2D eigenvalue weighted by Gasteiger charge is -2.04. The summed E-state index contributed by atoms with van der Waals surface area (Å²) in [7, 11) is 1.35. The van der Waals surface area contributed by atoms with Crippen LogP contribution >= 0.6 is 10.7 Å². The average Bonchev–Trinajstić information content (AvgIpc) is 3.00. The quantitative estimate of drug-likeness (QED) is 0.583. The zero-order valence-corrected chi connectivity index (χ0v) is 11.8. The van der Waals surface area contributed by atoms with E-state index >= 15 is 0 Å². The van der Waals surface area contributed by atoms with Crippen LogP contribution in [0.5, 0.6) is 0 Å². The molecule has 2 N–H and O–H groups in total. The van der Waals surface area contributed by atoms with Crippen LogP contribution in [-0.2, 0) is 13.8 Å². The van der Waals surface area contributed by atoms with E-state index in [-0.39, 0.29) is 16.5 Å². The van der Waals surface area contributed by atoms with Gasteiger partial charge in [0, 0.05) is 30.0 Å². The lowest BCUT2D eigenvalue weighted by atomic mass is 10.4. The highest BCUT2D eigenvalue weighted by molar-refractivity contribution is 8.13. The van der Waals surface area contributed by atoms with E-state index in [4.69, 9.17) is 15.4 Å². The first-order chi connectivity index (χ1) is 8.97. The van der Waals surface area contributed by atoms with Gasteiger partial charge in [-0.05, 0) is 24.8 Å². The number of aromatic amines is 1. The van der Waals surface area contributed by atoms with Crippen molar-refractivity contribution in [3.63, 3.8) is 0 Å². The molecule has 1 saturated carbocycles. The Balaban J connectivity index is 1.74. The third-order valence-electron chi connectivity index (χ3n) is 2.77. The second-order valence-corrected chi connectivity index (χ2v) is 7.03. The Morgan fingerprint density at radius 2 is 2.26 bits per heavy atom. The summed E-state index contributed by atoms with van der Waals surface area (Å²) in [5.74, 6) is 0.303. The van der Waals surface area contributed by atoms with Gasteiger partial charge >= 0.3 is 0 Å². The maximum absolute atomic E-state index is 11.7. The standard InChI is InChI=1S/C11H15ClN2O4S/c12-19(16,17)9-5-10(14-6-9)11(15)13-3-4-18-7-8-1-2-8/h5-6,8,14H,1-4,7H2,(H,13,15). The van der Waals surface area contributed by atoms with Crippen molar-refractivity contribution in [3.8, 4) is 0 Å². The molecule has 0 radical (unpaired) electrons. The molecule has 1 aromatic rings. The van der Waals surface area contributed by atoms with E-state index in [1.807, 2.05) is 0 Å². The molecule has 1 aromatic heterocycles. The second-order valence-electron chi connectivity index (χ2n) is 4.46. The fraction of sp³-hybridized carbons (Fsp3) is 0.545. The van der Waals surface area contributed by atoms with Crippen molar-refractivity contribution in [2.24, 2.45) is 5.92 Å². The van der Waals surface area contributed by atoms with Gasteiger partial charge < -0.3 is 15.0 Å². The van der Waals surface area contributed by atoms with E-state index < -0.39 is 9.05 Å². The van der Waals surface area contributed by atoms with Crippen molar-refractivity contribution in [1.29, 1.82) is 0 Å². The van der Waals surface area contributed by atoms with E-state index in [0.29, 0.717) is 19.1 Å². The molecule has 0 unspecified atom stereocenters. The molecule has 19 heavy (non-hydrogen) atoms. The molecule has 2 rings (SSSR count). The SMILES string of the molecule is O=C(NCCOCC1CC1)c1cc(S(=O)(=O)Cl)c[nH]1. The van der Waals surface area contributed by atoms with Crippen LogP contribution < -0.4 is 5.32 Å². The van der Waals surface area contributed by atoms with Gasteiger partial charge in [-0.2, -0.15) is 0 Å². The van der Waals surface area contributed by atoms with Crippen LogP contribution in [0, 0.1) is 5.92 Å². The van der Waals surface area contributed by atoms with E-state index in [0.717, 1.165) is 6.61 Å². The predicted octanol–water partition coefficient (Wildman–Crippen LogP) is 1.10. The molecule has 0 aromatic carbocycles. The molecule has 106 valence electrons. The molecule has 1 aliphatic rings. The average molecular weight is 307 g/mol. The number of hydrogen-bond donors (Lipinski definition) is 2. The molecule has 0 aliphatic heterocycles. The highest BCUT2D eigenvalue weighted by Gasteiger charge is 2.21. The summed E-state index contributed by atoms with van der Waals surface area (Å²) in [5, 5.41) is 2.62. The van der Waals surface area contributed by atoms with Crippen LogP contribution in [0.15, 0.2) is 17.2 Å². The first-order valence-corrected chi connectivity index (χ1v) is 8.27. The topological polar surface area (TPSA) is 88.3 Å². The van der Waals surface area contributed by atoms with Gasteiger partial charge in [0.1, 0.15) is 10.6 Å². The number of carbonyl (C=O) groups is 1. The van der Waals surface area contributed by atoms with Crippen molar-refractivity contribution < 1.29 is 17.9 Å². The Hall–Kier alpha value is -1.05. The van der Waals surface area contributed by atoms with Crippen LogP contribution in [0.2, 0.25) is 0 Å². The molecule has 1 fully saturated rings. The van der Waals surface area contributed by atoms with Gasteiger partial charge in [-0.3, -0.25) is 4.79 Å². The van der Waals surface area contributed by atoms with Gasteiger partial charge in [0.15, 0.2) is 0 Å². The maximum Gasteiger partial charge on any atom is 0.267 e. The Morgan fingerprint density at radius 3 is 2.84 bits per heavy atom. The third-order valence-corrected chi connectivity index (χ3v) is 4.10. The van der Waals surface area contributed by atoms with Gasteiger partial charge in [-0.1, -0.05) is 0 Å². The number of ether oxygens (including phenoxy) is 1. The maximum atomic E-state index is 11.7. The van der Waals surface area contributed by atoms with Crippen molar-refractivity contribution in [2.75, 3.05) is 19.8 Å². The summed E-state index contributed by atoms with van der Waals surface area (Å²) in [5.41, 5.74) is 0.154. The summed E-state index contributed by atoms with van der Waals surface area (Å²) < 4.78 is 27.4. The molecular formula is C11H15ClN2O4S. The predicted molar refractivity (Wildman–Crippen MR) is 69.7 cm³/mol. The lowest BCUT2D eigenvalue weighted by molar-refractivity contribution is 0.0902. The highest BCUT2D eigenvalue weighted by Crippen LogP contribution is 2.28. The minimum atomic E-state index is -3.81. The van der Waals surface area contributed by atoms with E-state index in [9.17, 15) is 13.2 Å². The first kappa shape index (κ1) is 14.4. The Labute approximate surface area is 115 Å². The fourth-order valence-corrected chi connectivity index (χ4v) is 2.24. The molecule has 1 aliphatic carbocycles. The minimum absolute atomic E-state index is 0.121. The Kier molecular flexibility index (Phi) is 4.49. The smallest absolute Gasteiger partial charge is 0.267 e. The number of rotatable bonds is 7. The van der Waals surface area contributed by atoms with Crippen molar-refractivity contribution >= 4 is 25.6 Å². The lowest BCUT2D eigenvalue weighted by Crippen LogP contribution is -2.27. The Bertz CT molecular complexity index is 551. The molecule has 1 heterocycles. The van der Waals surface area contributed by atoms with Gasteiger partial charge in [0.2, 0.25) is 0 Å². The van der Waals surface area contributed by atoms with Crippen molar-refractivity contribution in [1.82, 2.24) is 10.3 Å². The minimum Gasteiger partial charge on any atom is -0.379 e. The number of H-pyrrole nitrogens is 1. The molecule has 6 nitrogen and oxygen atoms in total. The van der Waals surface area contributed by atoms with Crippen LogP contribution in [-0.4, -0.2) is 39.1 Å². The second kappa shape index (κ2) is 5.94. The molecule has 1 amide bonds. The number of amides is 1. The number of aromatic nitrogens is 1. The summed E-state index contributed by atoms with van der Waals surface area (Å²) in [4.78, 5) is 14.1. The van der Waals surface area contributed by atoms with Crippen LogP contribution in [0.3, 0.4) is 0 Å². The monoisotopic (exact) mass is 306 g/mol. The molecule has 0 bridgehead atoms. The zero-order chi connectivity index (χ0) is 13.9. The van der Waals surface area contributed by atoms with Gasteiger partial charge in [0.25, 0.3) is 15.0 Å². The zero-order valence-electron chi connectivity index (χ0n) is 10.2. The summed E-state index contributed by atoms with van der Waals surface area (Å²) in [6, 6.07) is 1.20. The molecule has 0 saturated heterocycles. The molecular weight excluding hydrogens is 292 g/mol. The van der Waals surface area contributed by atoms with E-state index in [1.165, 1.54) is 25.1 Å². The van der Waals surface area contributed by atoms with Gasteiger partial charge in [-0.25, -0.2) is 8.42 Å². The molecule has 0 atom stereocenters. The van der Waals surface area contributed by atoms with Crippen LogP contribution in [0.1, 0.15) is 23.3 Å². The van der Waals surface area contributed by atoms with Crippen LogP contribution in [0.4, 0.5) is 0 Å². The van der Waals surface area contributed by atoms with Gasteiger partial charge in [0.05, 0.1) is 6.61 Å². The molecule has 8 heteroatoms. The fourth-order valence-electron chi connectivity index (χ4n) is 1.51. The normalized spacial score (nSPS) is 15.4. The molecule has 0 spiro atoms. The highest BCUT2D eigenvalue weighted by atomic mass is 35.7. The summed E-state index contributed by atoms with van der Waals surface area (Å²) in [6.45, 7) is 1.57. The van der Waals surface area contributed by atoms with Crippen molar-refractivity contribution in [3.05, 3.63) is 18.0 Å². The van der Waals surface area contributed by atoms with Crippen molar-refractivity contribution in [2.45, 2.75) is 17.7 Å². The Morgan fingerprint density at radius 1 is 1.53 bits per heavy atom. The number of carbonyl (C=O) groups excluding carboxylic acids is 1. The number of nitrogens with one attached hydrogen (secondary N) is 2. The van der Waals surface area contributed by atoms with E-state index in [2.05, 4.69) is 10.3 Å². The number of hydrogen-bond acceptors (Lipinski definition) is 4. The summed E-state index contributed by atoms with van der Waals surface area (Å²) in [6.07, 6.45) is 3.63. The number of halogens is 1.